The Morgan fingerprint density at radius 1 is 1.45 bits per heavy atom. The first-order chi connectivity index (χ1) is 10.4. The van der Waals surface area contributed by atoms with Crippen molar-refractivity contribution < 1.29 is 13.2 Å². The monoisotopic (exact) mass is 331 g/mol. The minimum Gasteiger partial charge on any atom is -0.334 e. The molecular formula is C13H16F3N5S. The molecule has 0 aromatic carbocycles. The fourth-order valence-electron chi connectivity index (χ4n) is 2.83. The van der Waals surface area contributed by atoms with E-state index in [0.29, 0.717) is 31.3 Å². The number of hydrogen-bond acceptors (Lipinski definition) is 5. The van der Waals surface area contributed by atoms with Crippen LogP contribution in [0.3, 0.4) is 0 Å². The molecule has 1 aliphatic heterocycles. The third-order valence-electron chi connectivity index (χ3n) is 3.79. The van der Waals surface area contributed by atoms with Crippen LogP contribution in [0.25, 0.3) is 0 Å². The van der Waals surface area contributed by atoms with Crippen molar-refractivity contribution in [1.29, 1.82) is 0 Å². The number of aromatic nitrogens is 4. The van der Waals surface area contributed by atoms with E-state index in [9.17, 15) is 13.2 Å². The molecular weight excluding hydrogens is 315 g/mol. The molecule has 22 heavy (non-hydrogen) atoms. The van der Waals surface area contributed by atoms with Crippen LogP contribution in [0.2, 0.25) is 0 Å². The summed E-state index contributed by atoms with van der Waals surface area (Å²) >= 11 is 1.32. The molecule has 2 aromatic rings. The van der Waals surface area contributed by atoms with Crippen LogP contribution in [-0.2, 0) is 25.7 Å². The highest BCUT2D eigenvalue weighted by atomic mass is 32.1. The van der Waals surface area contributed by atoms with Gasteiger partial charge in [0.15, 0.2) is 5.69 Å². The molecule has 0 unspecified atom stereocenters. The number of nitrogens with zero attached hydrogens (tertiary/aromatic N) is 5. The van der Waals surface area contributed by atoms with Crippen LogP contribution >= 0.6 is 11.5 Å². The molecule has 0 amide bonds. The summed E-state index contributed by atoms with van der Waals surface area (Å²) in [6.45, 7) is 2.10. The Balaban J connectivity index is 1.60. The van der Waals surface area contributed by atoms with Crippen molar-refractivity contribution >= 4 is 11.5 Å². The summed E-state index contributed by atoms with van der Waals surface area (Å²) in [5.74, 6) is 0.856. The van der Waals surface area contributed by atoms with E-state index in [-0.39, 0.29) is 0 Å². The Kier molecular flexibility index (Phi) is 4.18. The van der Waals surface area contributed by atoms with Gasteiger partial charge < -0.3 is 9.47 Å². The number of hydrogen-bond donors (Lipinski definition) is 0. The molecule has 3 heterocycles. The van der Waals surface area contributed by atoms with E-state index in [0.717, 1.165) is 24.9 Å². The maximum absolute atomic E-state index is 12.7. The average molecular weight is 331 g/mol. The molecule has 0 radical (unpaired) electrons. The van der Waals surface area contributed by atoms with Crippen molar-refractivity contribution in [3.05, 3.63) is 28.8 Å². The van der Waals surface area contributed by atoms with Gasteiger partial charge in [0, 0.05) is 37.6 Å². The summed E-state index contributed by atoms with van der Waals surface area (Å²) in [4.78, 5) is 5.84. The van der Waals surface area contributed by atoms with Gasteiger partial charge in [0.05, 0.1) is 5.69 Å². The Morgan fingerprint density at radius 2 is 2.27 bits per heavy atom. The number of fused-ring (bicyclic) bond motifs is 1. The second kappa shape index (κ2) is 5.96. The molecule has 1 aliphatic rings. The van der Waals surface area contributed by atoms with Crippen molar-refractivity contribution in [3.8, 4) is 0 Å². The Bertz CT molecular complexity index is 622. The van der Waals surface area contributed by atoms with Gasteiger partial charge in [-0.05, 0) is 30.9 Å². The van der Waals surface area contributed by atoms with E-state index in [1.807, 2.05) is 12.4 Å². The third-order valence-corrected chi connectivity index (χ3v) is 4.34. The minimum atomic E-state index is -4.37. The maximum atomic E-state index is 12.7. The molecule has 0 aliphatic carbocycles. The van der Waals surface area contributed by atoms with Crippen LogP contribution in [0.15, 0.2) is 11.6 Å². The summed E-state index contributed by atoms with van der Waals surface area (Å²) in [5, 5.41) is 5.91. The Morgan fingerprint density at radius 3 is 2.95 bits per heavy atom. The lowest BCUT2D eigenvalue weighted by atomic mass is 9.99. The van der Waals surface area contributed by atoms with Crippen LogP contribution in [0, 0.1) is 5.92 Å². The highest BCUT2D eigenvalue weighted by Crippen LogP contribution is 2.30. The van der Waals surface area contributed by atoms with Crippen LogP contribution in [0.1, 0.15) is 23.6 Å². The van der Waals surface area contributed by atoms with Gasteiger partial charge >= 0.3 is 6.18 Å². The number of halogens is 3. The second-order valence-corrected chi connectivity index (χ2v) is 6.30. The van der Waals surface area contributed by atoms with Crippen molar-refractivity contribution in [3.63, 3.8) is 0 Å². The molecule has 0 saturated carbocycles. The summed E-state index contributed by atoms with van der Waals surface area (Å²) in [7, 11) is 1.99. The number of imidazole rings is 1. The van der Waals surface area contributed by atoms with Crippen LogP contribution in [-0.4, -0.2) is 37.6 Å². The molecule has 5 nitrogen and oxygen atoms in total. The van der Waals surface area contributed by atoms with Gasteiger partial charge in [-0.2, -0.15) is 13.2 Å². The zero-order chi connectivity index (χ0) is 15.7. The van der Waals surface area contributed by atoms with Gasteiger partial charge in [-0.25, -0.2) is 4.98 Å². The van der Waals surface area contributed by atoms with E-state index in [1.54, 1.807) is 4.57 Å². The molecule has 0 saturated heterocycles. The summed E-state index contributed by atoms with van der Waals surface area (Å²) < 4.78 is 43.6. The Labute approximate surface area is 129 Å². The molecule has 0 spiro atoms. The highest BCUT2D eigenvalue weighted by Gasteiger charge is 2.35. The van der Waals surface area contributed by atoms with E-state index in [2.05, 4.69) is 19.5 Å². The maximum Gasteiger partial charge on any atom is 0.434 e. The predicted octanol–water partition coefficient (Wildman–Crippen LogP) is 2.45. The zero-order valence-electron chi connectivity index (χ0n) is 12.0. The van der Waals surface area contributed by atoms with Crippen LogP contribution in [0.5, 0.6) is 0 Å². The largest absolute Gasteiger partial charge is 0.434 e. The van der Waals surface area contributed by atoms with Crippen molar-refractivity contribution in [2.24, 2.45) is 5.92 Å². The second-order valence-electron chi connectivity index (χ2n) is 5.69. The van der Waals surface area contributed by atoms with E-state index in [1.165, 1.54) is 11.5 Å². The molecule has 1 atom stereocenters. The lowest BCUT2D eigenvalue weighted by Gasteiger charge is -2.27. The number of rotatable bonds is 4. The topological polar surface area (TPSA) is 46.8 Å². The van der Waals surface area contributed by atoms with Gasteiger partial charge in [0.25, 0.3) is 0 Å². The summed E-state index contributed by atoms with van der Waals surface area (Å²) in [6, 6.07) is 0. The standard InChI is InChI=1S/C13H16F3N5S/c1-20(6-10-8-22-19-18-10)4-9-2-3-12-17-11(13(14,15)16)7-21(12)5-9/h7-9H,2-6H2,1H3/t9-/m0/s1. The fourth-order valence-corrected chi connectivity index (χ4v) is 3.28. The van der Waals surface area contributed by atoms with Gasteiger partial charge in [-0.15, -0.1) is 5.10 Å². The van der Waals surface area contributed by atoms with Crippen LogP contribution in [0.4, 0.5) is 13.2 Å². The van der Waals surface area contributed by atoms with Crippen molar-refractivity contribution in [1.82, 2.24) is 24.0 Å². The van der Waals surface area contributed by atoms with Gasteiger partial charge in [0.1, 0.15) is 5.82 Å². The lowest BCUT2D eigenvalue weighted by molar-refractivity contribution is -0.141. The Hall–Kier alpha value is -1.48. The molecule has 120 valence electrons. The SMILES string of the molecule is CN(Cc1csnn1)C[C@@H]1CCc2nc(C(F)(F)F)cn2C1. The molecule has 0 fully saturated rings. The minimum absolute atomic E-state index is 0.319. The number of aryl methyl sites for hydroxylation is 1. The number of alkyl halides is 3. The van der Waals surface area contributed by atoms with E-state index in [4.69, 9.17) is 0 Å². The third kappa shape index (κ3) is 3.46. The average Bonchev–Trinajstić information content (AvgIpc) is 3.06. The van der Waals surface area contributed by atoms with Crippen molar-refractivity contribution in [2.75, 3.05) is 13.6 Å². The molecule has 3 rings (SSSR count). The highest BCUT2D eigenvalue weighted by molar-refractivity contribution is 7.03. The van der Waals surface area contributed by atoms with E-state index >= 15 is 0 Å². The molecule has 0 N–H and O–H groups in total. The van der Waals surface area contributed by atoms with Gasteiger partial charge in [-0.1, -0.05) is 4.49 Å². The van der Waals surface area contributed by atoms with Gasteiger partial charge in [-0.3, -0.25) is 0 Å². The first-order valence-corrected chi connectivity index (χ1v) is 7.83. The molecule has 2 aromatic heterocycles. The zero-order valence-corrected chi connectivity index (χ0v) is 12.9. The summed E-state index contributed by atoms with van der Waals surface area (Å²) in [5.41, 5.74) is 0.135. The van der Waals surface area contributed by atoms with Gasteiger partial charge in [0.2, 0.25) is 0 Å². The first-order valence-electron chi connectivity index (χ1n) is 6.99. The predicted molar refractivity (Wildman–Crippen MR) is 75.3 cm³/mol. The fraction of sp³-hybridized carbons (Fsp3) is 0.615. The van der Waals surface area contributed by atoms with Crippen molar-refractivity contribution in [2.45, 2.75) is 32.1 Å². The van der Waals surface area contributed by atoms with E-state index < -0.39 is 11.9 Å². The first kappa shape index (κ1) is 15.4. The molecule has 9 heteroatoms. The quantitative estimate of drug-likeness (QED) is 0.863. The van der Waals surface area contributed by atoms with Crippen LogP contribution < -0.4 is 0 Å². The normalized spacial score (nSPS) is 18.7. The molecule has 0 bridgehead atoms. The lowest BCUT2D eigenvalue weighted by Crippen LogP contribution is -2.31. The smallest absolute Gasteiger partial charge is 0.334 e. The summed E-state index contributed by atoms with van der Waals surface area (Å²) in [6.07, 6.45) is -1.79.